The first-order chi connectivity index (χ1) is 23.1. The minimum Gasteiger partial charge on any atom is -0.462 e. The van der Waals surface area contributed by atoms with Gasteiger partial charge in [0.2, 0.25) is 0 Å². The molecule has 47 heavy (non-hydrogen) atoms. The number of allylic oxidation sites excluding steroid dienone is 1. The predicted octanol–water partition coefficient (Wildman–Crippen LogP) is 12.3. The van der Waals surface area contributed by atoms with Gasteiger partial charge in [0.25, 0.3) is 0 Å². The van der Waals surface area contributed by atoms with Gasteiger partial charge in [0.15, 0.2) is 0 Å². The first-order valence-electron chi connectivity index (χ1n) is 20.8. The van der Waals surface area contributed by atoms with E-state index in [4.69, 9.17) is 9.47 Å². The van der Waals surface area contributed by atoms with Crippen LogP contribution in [-0.2, 0) is 19.1 Å². The van der Waals surface area contributed by atoms with Gasteiger partial charge in [0.1, 0.15) is 12.7 Å². The highest BCUT2D eigenvalue weighted by Gasteiger charge is 2.16. The number of nitrogens with zero attached hydrogens (tertiary/aromatic N) is 1. The van der Waals surface area contributed by atoms with Crippen LogP contribution in [0.25, 0.3) is 0 Å². The summed E-state index contributed by atoms with van der Waals surface area (Å²) in [5.41, 5.74) is 0. The molecular weight excluding hydrogens is 582 g/mol. The molecule has 276 valence electrons. The number of ether oxygens (including phenoxy) is 2. The minimum absolute atomic E-state index is 0.00986. The molecule has 0 bridgehead atoms. The fraction of sp³-hybridized carbons (Fsp3) is 0.905. The molecule has 0 spiro atoms. The molecule has 1 heterocycles. The maximum Gasteiger partial charge on any atom is 0.306 e. The highest BCUT2D eigenvalue weighted by Crippen LogP contribution is 2.22. The lowest BCUT2D eigenvalue weighted by Crippen LogP contribution is -2.29. The number of likely N-dealkylation sites (tertiary alicyclic amines) is 1. The molecule has 0 aromatic rings. The van der Waals surface area contributed by atoms with Crippen molar-refractivity contribution in [1.29, 1.82) is 0 Å². The van der Waals surface area contributed by atoms with Crippen molar-refractivity contribution in [1.82, 2.24) is 4.90 Å². The predicted molar refractivity (Wildman–Crippen MR) is 201 cm³/mol. The molecule has 5 heteroatoms. The summed E-state index contributed by atoms with van der Waals surface area (Å²) in [7, 11) is 0. The maximum absolute atomic E-state index is 12.8. The Morgan fingerprint density at radius 1 is 0.596 bits per heavy atom. The van der Waals surface area contributed by atoms with E-state index in [0.717, 1.165) is 70.8 Å². The minimum atomic E-state index is -0.0369. The molecule has 1 rings (SSSR count). The Hall–Kier alpha value is -1.36. The van der Waals surface area contributed by atoms with Crippen LogP contribution < -0.4 is 0 Å². The number of carbonyl (C=O) groups excluding carboxylic acids is 2. The number of carbonyl (C=O) groups is 2. The number of unbranched alkanes of at least 4 members (excludes halogenated alkanes) is 13. The van der Waals surface area contributed by atoms with Crippen LogP contribution in [0.15, 0.2) is 12.2 Å². The summed E-state index contributed by atoms with van der Waals surface area (Å²) in [6.45, 7) is 10.5. The molecule has 0 N–H and O–H groups in total. The van der Waals surface area contributed by atoms with Crippen LogP contribution >= 0.6 is 0 Å². The van der Waals surface area contributed by atoms with Crippen LogP contribution in [0.4, 0.5) is 0 Å². The van der Waals surface area contributed by atoms with E-state index in [0.29, 0.717) is 25.4 Å². The second-order valence-corrected chi connectivity index (χ2v) is 14.6. The molecule has 1 aliphatic rings. The van der Waals surface area contributed by atoms with E-state index in [1.54, 1.807) is 0 Å². The van der Waals surface area contributed by atoms with Crippen LogP contribution in [0, 0.1) is 5.92 Å². The molecule has 0 aromatic carbocycles. The Labute approximate surface area is 292 Å². The third-order valence-electron chi connectivity index (χ3n) is 10.0. The van der Waals surface area contributed by atoms with Gasteiger partial charge in [-0.05, 0) is 96.2 Å². The van der Waals surface area contributed by atoms with Crippen molar-refractivity contribution in [3.05, 3.63) is 12.2 Å². The van der Waals surface area contributed by atoms with E-state index in [-0.39, 0.29) is 18.0 Å². The lowest BCUT2D eigenvalue weighted by atomic mass is 9.92. The first kappa shape index (κ1) is 43.7. The zero-order valence-electron chi connectivity index (χ0n) is 31.7. The molecule has 1 aliphatic heterocycles. The van der Waals surface area contributed by atoms with Crippen LogP contribution in [0.5, 0.6) is 0 Å². The lowest BCUT2D eigenvalue weighted by molar-refractivity contribution is -0.150. The SMILES string of the molecule is CCCCCCCCCC(CCCCC/C=C/COC(=O)CC(CCCC)CCCCCC)OC(=O)CCCN1CCCCCCC1. The molecule has 0 amide bonds. The van der Waals surface area contributed by atoms with Crippen molar-refractivity contribution >= 4 is 11.9 Å². The van der Waals surface area contributed by atoms with E-state index in [1.807, 2.05) is 6.08 Å². The van der Waals surface area contributed by atoms with E-state index < -0.39 is 0 Å². The summed E-state index contributed by atoms with van der Waals surface area (Å²) in [5, 5.41) is 0. The highest BCUT2D eigenvalue weighted by molar-refractivity contribution is 5.70. The fourth-order valence-corrected chi connectivity index (χ4v) is 6.95. The number of hydrogen-bond donors (Lipinski definition) is 0. The van der Waals surface area contributed by atoms with E-state index in [9.17, 15) is 9.59 Å². The molecule has 5 nitrogen and oxygen atoms in total. The Bertz CT molecular complexity index is 730. The molecule has 0 radical (unpaired) electrons. The zero-order valence-corrected chi connectivity index (χ0v) is 31.7. The van der Waals surface area contributed by atoms with Gasteiger partial charge in [-0.1, -0.05) is 136 Å². The van der Waals surface area contributed by atoms with Crippen LogP contribution in [-0.4, -0.2) is 49.2 Å². The van der Waals surface area contributed by atoms with E-state index in [1.165, 1.54) is 122 Å². The maximum atomic E-state index is 12.8. The topological polar surface area (TPSA) is 55.8 Å². The van der Waals surface area contributed by atoms with Gasteiger partial charge in [0, 0.05) is 12.8 Å². The second kappa shape index (κ2) is 33.2. The number of hydrogen-bond acceptors (Lipinski definition) is 5. The van der Waals surface area contributed by atoms with Gasteiger partial charge >= 0.3 is 11.9 Å². The summed E-state index contributed by atoms with van der Waals surface area (Å²) >= 11 is 0. The van der Waals surface area contributed by atoms with Crippen LogP contribution in [0.2, 0.25) is 0 Å². The van der Waals surface area contributed by atoms with Crippen LogP contribution in [0.3, 0.4) is 0 Å². The third kappa shape index (κ3) is 28.2. The Balaban J connectivity index is 2.30. The summed E-state index contributed by atoms with van der Waals surface area (Å²) in [4.78, 5) is 27.8. The average molecular weight is 662 g/mol. The van der Waals surface area contributed by atoms with Gasteiger partial charge in [-0.25, -0.2) is 0 Å². The van der Waals surface area contributed by atoms with Crippen molar-refractivity contribution in [2.45, 2.75) is 213 Å². The molecule has 0 aliphatic carbocycles. The average Bonchev–Trinajstić information content (AvgIpc) is 3.04. The molecule has 2 atom stereocenters. The Kier molecular flexibility index (Phi) is 30.8. The smallest absolute Gasteiger partial charge is 0.306 e. The first-order valence-corrected chi connectivity index (χ1v) is 20.8. The zero-order chi connectivity index (χ0) is 34.0. The molecule has 2 unspecified atom stereocenters. The largest absolute Gasteiger partial charge is 0.462 e. The quantitative estimate of drug-likeness (QED) is 0.0420. The van der Waals surface area contributed by atoms with E-state index >= 15 is 0 Å². The number of rotatable bonds is 31. The van der Waals surface area contributed by atoms with Crippen molar-refractivity contribution in [3.63, 3.8) is 0 Å². The van der Waals surface area contributed by atoms with Gasteiger partial charge in [-0.2, -0.15) is 0 Å². The van der Waals surface area contributed by atoms with Crippen molar-refractivity contribution in [2.24, 2.45) is 5.92 Å². The summed E-state index contributed by atoms with van der Waals surface area (Å²) < 4.78 is 11.6. The normalized spacial score (nSPS) is 15.7. The molecule has 1 saturated heterocycles. The van der Waals surface area contributed by atoms with Crippen molar-refractivity contribution in [2.75, 3.05) is 26.2 Å². The summed E-state index contributed by atoms with van der Waals surface area (Å²) in [6.07, 6.45) is 38.1. The summed E-state index contributed by atoms with van der Waals surface area (Å²) in [6, 6.07) is 0. The highest BCUT2D eigenvalue weighted by atomic mass is 16.5. The van der Waals surface area contributed by atoms with E-state index in [2.05, 4.69) is 31.7 Å². The Morgan fingerprint density at radius 3 is 1.83 bits per heavy atom. The number of esters is 2. The van der Waals surface area contributed by atoms with Gasteiger partial charge in [-0.3, -0.25) is 9.59 Å². The molecule has 0 saturated carbocycles. The molecule has 1 fully saturated rings. The van der Waals surface area contributed by atoms with Gasteiger partial charge in [0.05, 0.1) is 0 Å². The third-order valence-corrected chi connectivity index (χ3v) is 10.0. The summed E-state index contributed by atoms with van der Waals surface area (Å²) in [5.74, 6) is 0.451. The standard InChI is InChI=1S/C42H79NO4/c1-4-7-10-12-13-17-23-31-40(47-41(44)33-28-36-43-34-25-19-16-20-26-35-43)32-24-18-14-15-21-27-37-46-42(45)38-39(29-9-6-3)30-22-11-8-5-2/h21,27,39-40H,4-20,22-26,28-38H2,1-3H3/b27-21+. The van der Waals surface area contributed by atoms with Crippen molar-refractivity contribution < 1.29 is 19.1 Å². The molecule has 0 aromatic heterocycles. The van der Waals surface area contributed by atoms with Gasteiger partial charge < -0.3 is 14.4 Å². The second-order valence-electron chi connectivity index (χ2n) is 14.6. The molecular formula is C42H79NO4. The van der Waals surface area contributed by atoms with Gasteiger partial charge in [-0.15, -0.1) is 0 Å². The fourth-order valence-electron chi connectivity index (χ4n) is 6.95. The lowest BCUT2D eigenvalue weighted by Gasteiger charge is -2.24. The monoisotopic (exact) mass is 662 g/mol. The Morgan fingerprint density at radius 2 is 1.15 bits per heavy atom. The van der Waals surface area contributed by atoms with Crippen LogP contribution in [0.1, 0.15) is 207 Å². The van der Waals surface area contributed by atoms with Crippen molar-refractivity contribution in [3.8, 4) is 0 Å².